The number of ether oxygens (including phenoxy) is 2. The second-order valence-electron chi connectivity index (χ2n) is 5.91. The SMILES string of the molecule is COc1cc(Cl)c(C)cc1NC(=O)C(C)OC(=O)c1ccc(S(N)(=O)=O)cc1. The Morgan fingerprint density at radius 3 is 2.32 bits per heavy atom. The molecule has 0 spiro atoms. The summed E-state index contributed by atoms with van der Waals surface area (Å²) in [6.07, 6.45) is -1.12. The molecule has 2 aromatic rings. The van der Waals surface area contributed by atoms with Crippen LogP contribution < -0.4 is 15.2 Å². The summed E-state index contributed by atoms with van der Waals surface area (Å²) in [6, 6.07) is 8.06. The molecule has 0 aliphatic carbocycles. The van der Waals surface area contributed by atoms with Crippen molar-refractivity contribution in [1.29, 1.82) is 0 Å². The third-order valence-electron chi connectivity index (χ3n) is 3.81. The monoisotopic (exact) mass is 426 g/mol. The first-order chi connectivity index (χ1) is 13.0. The zero-order chi connectivity index (χ0) is 21.1. The molecular weight excluding hydrogens is 408 g/mol. The predicted molar refractivity (Wildman–Crippen MR) is 104 cm³/mol. The van der Waals surface area contributed by atoms with E-state index in [1.165, 1.54) is 38.3 Å². The molecule has 8 nitrogen and oxygen atoms in total. The number of carbonyl (C=O) groups excluding carboxylic acids is 2. The number of carbonyl (C=O) groups is 2. The molecule has 1 amide bonds. The lowest BCUT2D eigenvalue weighted by molar-refractivity contribution is -0.123. The standard InChI is InChI=1S/C18H19ClN2O6S/c1-10-8-15(16(26-3)9-14(10)19)21-17(22)11(2)27-18(23)12-4-6-13(7-5-12)28(20,24)25/h4-9,11H,1-3H3,(H,21,22)(H2,20,24,25). The fourth-order valence-corrected chi connectivity index (χ4v) is 2.90. The molecule has 150 valence electrons. The average Bonchev–Trinajstić information content (AvgIpc) is 2.63. The van der Waals surface area contributed by atoms with Gasteiger partial charge in [0, 0.05) is 11.1 Å². The summed E-state index contributed by atoms with van der Waals surface area (Å²) in [5.41, 5.74) is 1.19. The number of hydrogen-bond acceptors (Lipinski definition) is 6. The Bertz CT molecular complexity index is 1010. The van der Waals surface area contributed by atoms with Crippen molar-refractivity contribution in [1.82, 2.24) is 0 Å². The van der Waals surface area contributed by atoms with E-state index in [1.54, 1.807) is 19.1 Å². The van der Waals surface area contributed by atoms with E-state index in [2.05, 4.69) is 5.32 Å². The highest BCUT2D eigenvalue weighted by Gasteiger charge is 2.21. The molecule has 0 aliphatic heterocycles. The molecule has 0 aliphatic rings. The highest BCUT2D eigenvalue weighted by molar-refractivity contribution is 7.89. The number of esters is 1. The Morgan fingerprint density at radius 2 is 1.79 bits per heavy atom. The Balaban J connectivity index is 2.08. The maximum Gasteiger partial charge on any atom is 0.338 e. The van der Waals surface area contributed by atoms with Crippen LogP contribution in [-0.2, 0) is 19.6 Å². The third kappa shape index (κ3) is 5.22. The van der Waals surface area contributed by atoms with Crippen molar-refractivity contribution in [2.75, 3.05) is 12.4 Å². The molecule has 10 heteroatoms. The number of hydrogen-bond donors (Lipinski definition) is 2. The van der Waals surface area contributed by atoms with Gasteiger partial charge in [-0.05, 0) is 49.7 Å². The molecule has 1 unspecified atom stereocenters. The second-order valence-corrected chi connectivity index (χ2v) is 7.88. The number of anilines is 1. The summed E-state index contributed by atoms with van der Waals surface area (Å²) in [6.45, 7) is 3.17. The van der Waals surface area contributed by atoms with Gasteiger partial charge in [0.2, 0.25) is 10.0 Å². The molecule has 2 rings (SSSR count). The smallest absolute Gasteiger partial charge is 0.338 e. The number of rotatable bonds is 6. The number of halogens is 1. The maximum atomic E-state index is 12.4. The Labute approximate surface area is 167 Å². The van der Waals surface area contributed by atoms with Gasteiger partial charge < -0.3 is 14.8 Å². The molecule has 0 saturated carbocycles. The number of methoxy groups -OCH3 is 1. The van der Waals surface area contributed by atoms with Crippen molar-refractivity contribution >= 4 is 39.2 Å². The van der Waals surface area contributed by atoms with Crippen molar-refractivity contribution in [2.45, 2.75) is 24.8 Å². The van der Waals surface area contributed by atoms with Crippen molar-refractivity contribution in [3.63, 3.8) is 0 Å². The van der Waals surface area contributed by atoms with Crippen LogP contribution in [0.3, 0.4) is 0 Å². The fraction of sp³-hybridized carbons (Fsp3) is 0.222. The molecule has 0 saturated heterocycles. The van der Waals surface area contributed by atoms with Crippen LogP contribution in [0.5, 0.6) is 5.75 Å². The first kappa shape index (κ1) is 21.7. The van der Waals surface area contributed by atoms with Gasteiger partial charge >= 0.3 is 5.97 Å². The first-order valence-corrected chi connectivity index (χ1v) is 9.94. The minimum atomic E-state index is -3.87. The third-order valence-corrected chi connectivity index (χ3v) is 5.15. The van der Waals surface area contributed by atoms with Gasteiger partial charge in [-0.25, -0.2) is 18.4 Å². The van der Waals surface area contributed by atoms with Gasteiger partial charge in [-0.15, -0.1) is 0 Å². The molecule has 0 aromatic heterocycles. The predicted octanol–water partition coefficient (Wildman–Crippen LogP) is 2.49. The molecule has 0 radical (unpaired) electrons. The minimum absolute atomic E-state index is 0.0759. The number of primary sulfonamides is 1. The summed E-state index contributed by atoms with van der Waals surface area (Å²) >= 11 is 6.03. The molecule has 0 heterocycles. The van der Waals surface area contributed by atoms with E-state index in [4.69, 9.17) is 26.2 Å². The van der Waals surface area contributed by atoms with E-state index < -0.39 is 28.0 Å². The van der Waals surface area contributed by atoms with Crippen LogP contribution in [0.4, 0.5) is 5.69 Å². The molecule has 0 fully saturated rings. The zero-order valence-corrected chi connectivity index (χ0v) is 16.9. The van der Waals surface area contributed by atoms with Crippen LogP contribution in [0, 0.1) is 6.92 Å². The number of nitrogens with one attached hydrogen (secondary N) is 1. The topological polar surface area (TPSA) is 125 Å². The van der Waals surface area contributed by atoms with Gasteiger partial charge in [-0.3, -0.25) is 4.79 Å². The lowest BCUT2D eigenvalue weighted by Crippen LogP contribution is -2.30. The van der Waals surface area contributed by atoms with E-state index in [0.717, 1.165) is 5.56 Å². The minimum Gasteiger partial charge on any atom is -0.495 e. The van der Waals surface area contributed by atoms with Crippen molar-refractivity contribution < 1.29 is 27.5 Å². The maximum absolute atomic E-state index is 12.4. The lowest BCUT2D eigenvalue weighted by Gasteiger charge is -2.16. The quantitative estimate of drug-likeness (QED) is 0.683. The molecule has 0 bridgehead atoms. The average molecular weight is 427 g/mol. The van der Waals surface area contributed by atoms with E-state index in [0.29, 0.717) is 16.5 Å². The van der Waals surface area contributed by atoms with Gasteiger partial charge in [0.15, 0.2) is 6.10 Å². The van der Waals surface area contributed by atoms with Gasteiger partial charge in [-0.2, -0.15) is 0 Å². The van der Waals surface area contributed by atoms with Gasteiger partial charge in [0.05, 0.1) is 23.3 Å². The summed E-state index contributed by atoms with van der Waals surface area (Å²) in [5.74, 6) is -1.00. The van der Waals surface area contributed by atoms with Crippen molar-refractivity contribution in [2.24, 2.45) is 5.14 Å². The number of sulfonamides is 1. The zero-order valence-electron chi connectivity index (χ0n) is 15.4. The van der Waals surface area contributed by atoms with E-state index in [1.807, 2.05) is 0 Å². The van der Waals surface area contributed by atoms with Crippen LogP contribution in [0.2, 0.25) is 5.02 Å². The van der Waals surface area contributed by atoms with Gasteiger partial charge in [0.25, 0.3) is 5.91 Å². The molecule has 3 N–H and O–H groups in total. The molecule has 28 heavy (non-hydrogen) atoms. The highest BCUT2D eigenvalue weighted by Crippen LogP contribution is 2.31. The summed E-state index contributed by atoms with van der Waals surface area (Å²) in [5, 5.41) is 8.11. The molecular formula is C18H19ClN2O6S. The summed E-state index contributed by atoms with van der Waals surface area (Å²) < 4.78 is 32.8. The highest BCUT2D eigenvalue weighted by atomic mass is 35.5. The Hall–Kier alpha value is -2.62. The Morgan fingerprint density at radius 1 is 1.18 bits per heavy atom. The number of aryl methyl sites for hydroxylation is 1. The molecule has 1 atom stereocenters. The first-order valence-electron chi connectivity index (χ1n) is 8.01. The van der Waals surface area contributed by atoms with Crippen LogP contribution in [0.15, 0.2) is 41.3 Å². The fourth-order valence-electron chi connectivity index (χ4n) is 2.23. The lowest BCUT2D eigenvalue weighted by atomic mass is 10.2. The van der Waals surface area contributed by atoms with Crippen LogP contribution in [0.25, 0.3) is 0 Å². The van der Waals surface area contributed by atoms with Crippen LogP contribution in [0.1, 0.15) is 22.8 Å². The largest absolute Gasteiger partial charge is 0.495 e. The van der Waals surface area contributed by atoms with Gasteiger partial charge in [-0.1, -0.05) is 11.6 Å². The van der Waals surface area contributed by atoms with E-state index in [-0.39, 0.29) is 10.5 Å². The second kappa shape index (κ2) is 8.59. The summed E-state index contributed by atoms with van der Waals surface area (Å²) in [4.78, 5) is 24.4. The summed E-state index contributed by atoms with van der Waals surface area (Å²) in [7, 11) is -2.43. The van der Waals surface area contributed by atoms with E-state index in [9.17, 15) is 18.0 Å². The number of benzene rings is 2. The van der Waals surface area contributed by atoms with Crippen molar-refractivity contribution in [3.05, 3.63) is 52.5 Å². The molecule has 2 aromatic carbocycles. The number of amides is 1. The van der Waals surface area contributed by atoms with Crippen molar-refractivity contribution in [3.8, 4) is 5.75 Å². The van der Waals surface area contributed by atoms with Gasteiger partial charge in [0.1, 0.15) is 5.75 Å². The normalized spacial score (nSPS) is 12.2. The van der Waals surface area contributed by atoms with Crippen LogP contribution >= 0.6 is 11.6 Å². The van der Waals surface area contributed by atoms with Crippen LogP contribution in [-0.4, -0.2) is 33.5 Å². The Kier molecular flexibility index (Phi) is 6.65. The van der Waals surface area contributed by atoms with E-state index >= 15 is 0 Å². The number of nitrogens with two attached hydrogens (primary N) is 1.